The van der Waals surface area contributed by atoms with Gasteiger partial charge in [0.25, 0.3) is 0 Å². The highest BCUT2D eigenvalue weighted by Crippen LogP contribution is 2.30. The predicted molar refractivity (Wildman–Crippen MR) is 53.4 cm³/mol. The van der Waals surface area contributed by atoms with Crippen molar-refractivity contribution in [3.05, 3.63) is 0 Å². The van der Waals surface area contributed by atoms with Crippen molar-refractivity contribution in [3.8, 4) is 0 Å². The molecule has 1 rings (SSSR count). The lowest BCUT2D eigenvalue weighted by molar-refractivity contribution is -0.148. The molecule has 0 aliphatic heterocycles. The number of hydrogen-bond donors (Lipinski definition) is 2. The van der Waals surface area contributed by atoms with Crippen LogP contribution in [0.25, 0.3) is 0 Å². The highest BCUT2D eigenvalue weighted by molar-refractivity contribution is 5.97. The Kier molecular flexibility index (Phi) is 5.38. The number of carbonyl (C=O) groups excluding carboxylic acids is 1. The molecule has 1 saturated carbocycles. The van der Waals surface area contributed by atoms with Gasteiger partial charge in [0.15, 0.2) is 0 Å². The molecule has 0 aromatic rings. The summed E-state index contributed by atoms with van der Waals surface area (Å²) in [4.78, 5) is 21.9. The van der Waals surface area contributed by atoms with Crippen molar-refractivity contribution >= 4 is 11.8 Å². The molecule has 82 valence electrons. The molecule has 0 aromatic carbocycles. The third-order valence-electron chi connectivity index (χ3n) is 2.83. The van der Waals surface area contributed by atoms with Gasteiger partial charge in [0.05, 0.1) is 0 Å². The summed E-state index contributed by atoms with van der Waals surface area (Å²) >= 11 is 0. The summed E-state index contributed by atoms with van der Waals surface area (Å²) < 4.78 is 0. The number of rotatable bonds is 3. The lowest BCUT2D eigenvalue weighted by atomic mass is 9.78. The molecule has 1 aliphatic rings. The third kappa shape index (κ3) is 3.10. The minimum absolute atomic E-state index is 0. The molecule has 0 radical (unpaired) electrons. The Balaban J connectivity index is 0.00000169. The molecule has 4 N–H and O–H groups in total. The summed E-state index contributed by atoms with van der Waals surface area (Å²) in [5, 5.41) is 8.88. The standard InChI is InChI=1S/C10H16O3.H3N/c1-7(11)9(10(12)13)8-5-3-2-4-6-8;/h8-9H,2-6H2,1H3,(H,12,13);1H3. The lowest BCUT2D eigenvalue weighted by Crippen LogP contribution is -2.31. The number of hydrogen-bond acceptors (Lipinski definition) is 3. The van der Waals surface area contributed by atoms with Crippen LogP contribution in [0.1, 0.15) is 39.0 Å². The molecule has 0 bridgehead atoms. The Morgan fingerprint density at radius 1 is 1.21 bits per heavy atom. The van der Waals surface area contributed by atoms with E-state index in [1.54, 1.807) is 0 Å². The molecule has 4 heteroatoms. The van der Waals surface area contributed by atoms with E-state index in [1.807, 2.05) is 0 Å². The van der Waals surface area contributed by atoms with Gasteiger partial charge in [-0.15, -0.1) is 0 Å². The van der Waals surface area contributed by atoms with Gasteiger partial charge >= 0.3 is 5.97 Å². The van der Waals surface area contributed by atoms with E-state index in [4.69, 9.17) is 5.11 Å². The minimum atomic E-state index is -0.945. The second kappa shape index (κ2) is 5.75. The molecule has 0 amide bonds. The van der Waals surface area contributed by atoms with Crippen LogP contribution < -0.4 is 6.15 Å². The smallest absolute Gasteiger partial charge is 0.314 e. The molecule has 4 nitrogen and oxygen atoms in total. The molecule has 0 saturated heterocycles. The first-order valence-corrected chi connectivity index (χ1v) is 4.86. The van der Waals surface area contributed by atoms with Crippen molar-refractivity contribution in [2.45, 2.75) is 39.0 Å². The molecule has 0 heterocycles. The average molecular weight is 201 g/mol. The van der Waals surface area contributed by atoms with E-state index < -0.39 is 11.9 Å². The molecule has 1 unspecified atom stereocenters. The summed E-state index contributed by atoms with van der Waals surface area (Å²) in [7, 11) is 0. The molecule has 1 fully saturated rings. The second-order valence-corrected chi connectivity index (χ2v) is 3.82. The largest absolute Gasteiger partial charge is 0.481 e. The zero-order valence-electron chi connectivity index (χ0n) is 8.66. The normalized spacial score (nSPS) is 19.5. The number of Topliss-reactive ketones (excluding diaryl/α,β-unsaturated/α-hetero) is 1. The van der Waals surface area contributed by atoms with Crippen molar-refractivity contribution in [1.29, 1.82) is 0 Å². The van der Waals surface area contributed by atoms with Gasteiger partial charge < -0.3 is 11.3 Å². The van der Waals surface area contributed by atoms with Crippen LogP contribution in [0.2, 0.25) is 0 Å². The molecule has 14 heavy (non-hydrogen) atoms. The Labute approximate surface area is 84.3 Å². The van der Waals surface area contributed by atoms with E-state index in [0.717, 1.165) is 25.7 Å². The molecular formula is C10H19NO3. The van der Waals surface area contributed by atoms with Crippen LogP contribution in [0.5, 0.6) is 0 Å². The fourth-order valence-corrected chi connectivity index (χ4v) is 2.17. The van der Waals surface area contributed by atoms with Gasteiger partial charge in [-0.3, -0.25) is 9.59 Å². The van der Waals surface area contributed by atoms with Gasteiger partial charge in [-0.1, -0.05) is 19.3 Å². The summed E-state index contributed by atoms with van der Waals surface area (Å²) in [5.41, 5.74) is 0. The molecule has 1 aliphatic carbocycles. The van der Waals surface area contributed by atoms with Crippen LogP contribution in [-0.2, 0) is 9.59 Å². The number of carboxylic acid groups (broad SMARTS) is 1. The zero-order chi connectivity index (χ0) is 9.84. The number of ketones is 1. The zero-order valence-corrected chi connectivity index (χ0v) is 8.66. The maximum absolute atomic E-state index is 11.1. The van der Waals surface area contributed by atoms with E-state index in [-0.39, 0.29) is 17.9 Å². The number of carboxylic acids is 1. The second-order valence-electron chi connectivity index (χ2n) is 3.82. The van der Waals surface area contributed by atoms with Crippen LogP contribution in [0, 0.1) is 11.8 Å². The monoisotopic (exact) mass is 201 g/mol. The van der Waals surface area contributed by atoms with Crippen molar-refractivity contribution in [2.75, 3.05) is 0 Å². The Morgan fingerprint density at radius 2 is 1.71 bits per heavy atom. The van der Waals surface area contributed by atoms with Gasteiger partial charge in [-0.05, 0) is 25.7 Å². The molecule has 0 aromatic heterocycles. The molecule has 0 spiro atoms. The quantitative estimate of drug-likeness (QED) is 0.683. The number of aliphatic carboxylic acids is 1. The maximum atomic E-state index is 11.1. The minimum Gasteiger partial charge on any atom is -0.481 e. The van der Waals surface area contributed by atoms with Crippen LogP contribution in [0.15, 0.2) is 0 Å². The van der Waals surface area contributed by atoms with Gasteiger partial charge in [-0.2, -0.15) is 0 Å². The lowest BCUT2D eigenvalue weighted by Gasteiger charge is -2.25. The van der Waals surface area contributed by atoms with Gasteiger partial charge in [0, 0.05) is 0 Å². The van der Waals surface area contributed by atoms with Crippen molar-refractivity contribution in [2.24, 2.45) is 11.8 Å². The third-order valence-corrected chi connectivity index (χ3v) is 2.83. The SMILES string of the molecule is CC(=O)C(C(=O)O)C1CCCCC1.N. The van der Waals surface area contributed by atoms with Crippen molar-refractivity contribution in [1.82, 2.24) is 6.15 Å². The summed E-state index contributed by atoms with van der Waals surface area (Å²) in [5.74, 6) is -1.80. The van der Waals surface area contributed by atoms with Crippen LogP contribution in [0.4, 0.5) is 0 Å². The van der Waals surface area contributed by atoms with E-state index in [9.17, 15) is 9.59 Å². The first kappa shape index (κ1) is 13.1. The van der Waals surface area contributed by atoms with E-state index in [0.29, 0.717) is 0 Å². The summed E-state index contributed by atoms with van der Waals surface area (Å²) in [6, 6.07) is 0. The molecule has 1 atom stereocenters. The van der Waals surface area contributed by atoms with Crippen molar-refractivity contribution in [3.63, 3.8) is 0 Å². The van der Waals surface area contributed by atoms with E-state index in [2.05, 4.69) is 0 Å². The fraction of sp³-hybridized carbons (Fsp3) is 0.800. The Hall–Kier alpha value is -0.900. The topological polar surface area (TPSA) is 89.4 Å². The summed E-state index contributed by atoms with van der Waals surface area (Å²) in [6.07, 6.45) is 5.12. The van der Waals surface area contributed by atoms with Gasteiger partial charge in [0.1, 0.15) is 11.7 Å². The highest BCUT2D eigenvalue weighted by Gasteiger charge is 2.32. The van der Waals surface area contributed by atoms with Crippen LogP contribution in [-0.4, -0.2) is 16.9 Å². The van der Waals surface area contributed by atoms with E-state index >= 15 is 0 Å². The number of carbonyl (C=O) groups is 2. The Bertz CT molecular complexity index is 195. The first-order valence-electron chi connectivity index (χ1n) is 4.86. The summed E-state index contributed by atoms with van der Waals surface area (Å²) in [6.45, 7) is 1.38. The maximum Gasteiger partial charge on any atom is 0.314 e. The van der Waals surface area contributed by atoms with Crippen molar-refractivity contribution < 1.29 is 14.7 Å². The van der Waals surface area contributed by atoms with E-state index in [1.165, 1.54) is 13.3 Å². The molecular weight excluding hydrogens is 182 g/mol. The van der Waals surface area contributed by atoms with Crippen LogP contribution >= 0.6 is 0 Å². The first-order chi connectivity index (χ1) is 6.13. The predicted octanol–water partition coefficient (Wildman–Crippen LogP) is 2.02. The Morgan fingerprint density at radius 3 is 2.07 bits per heavy atom. The van der Waals surface area contributed by atoms with Gasteiger partial charge in [-0.25, -0.2) is 0 Å². The van der Waals surface area contributed by atoms with Gasteiger partial charge in [0.2, 0.25) is 0 Å². The average Bonchev–Trinajstić information content (AvgIpc) is 2.04. The fourth-order valence-electron chi connectivity index (χ4n) is 2.17. The van der Waals surface area contributed by atoms with Crippen LogP contribution in [0.3, 0.4) is 0 Å². The highest BCUT2D eigenvalue weighted by atomic mass is 16.4.